The molecule has 2 atom stereocenters. The zero-order valence-corrected chi connectivity index (χ0v) is 14.3. The van der Waals surface area contributed by atoms with E-state index in [1.54, 1.807) is 4.90 Å². The molecule has 1 saturated heterocycles. The molecule has 1 aromatic rings. The summed E-state index contributed by atoms with van der Waals surface area (Å²) in [5, 5.41) is 2.91. The lowest BCUT2D eigenvalue weighted by Crippen LogP contribution is -2.54. The topological polar surface area (TPSA) is 58.6 Å². The van der Waals surface area contributed by atoms with Crippen LogP contribution in [0.4, 0.5) is 4.79 Å². The van der Waals surface area contributed by atoms with E-state index >= 15 is 0 Å². The molecule has 1 aromatic carbocycles. The molecule has 1 aliphatic heterocycles. The first-order valence-corrected chi connectivity index (χ1v) is 8.06. The molecule has 1 heterocycles. The first-order valence-electron chi connectivity index (χ1n) is 8.06. The Morgan fingerprint density at radius 1 is 1.30 bits per heavy atom. The minimum absolute atomic E-state index is 0.0914. The highest BCUT2D eigenvalue weighted by Crippen LogP contribution is 2.21. The fourth-order valence-corrected chi connectivity index (χ4v) is 2.67. The van der Waals surface area contributed by atoms with Gasteiger partial charge in [0.05, 0.1) is 6.04 Å². The van der Waals surface area contributed by atoms with Crippen molar-refractivity contribution >= 4 is 12.0 Å². The maximum atomic E-state index is 12.3. The number of likely N-dealkylation sites (tertiary alicyclic amines) is 1. The largest absolute Gasteiger partial charge is 0.444 e. The highest BCUT2D eigenvalue weighted by molar-refractivity contribution is 5.78. The molecule has 0 aromatic heterocycles. The number of hydrogen-bond donors (Lipinski definition) is 1. The summed E-state index contributed by atoms with van der Waals surface area (Å²) in [6.45, 7) is 8.57. The molecule has 0 aliphatic carbocycles. The Balaban J connectivity index is 1.98. The van der Waals surface area contributed by atoms with Crippen molar-refractivity contribution in [2.24, 2.45) is 5.92 Å². The van der Waals surface area contributed by atoms with E-state index in [2.05, 4.69) is 5.32 Å². The molecule has 5 nitrogen and oxygen atoms in total. The Morgan fingerprint density at radius 3 is 2.57 bits per heavy atom. The third-order valence-corrected chi connectivity index (χ3v) is 3.87. The van der Waals surface area contributed by atoms with E-state index in [0.29, 0.717) is 19.5 Å². The number of piperidine rings is 1. The average molecular weight is 318 g/mol. The first-order chi connectivity index (χ1) is 10.7. The van der Waals surface area contributed by atoms with Gasteiger partial charge in [-0.2, -0.15) is 0 Å². The van der Waals surface area contributed by atoms with Crippen LogP contribution >= 0.6 is 0 Å². The van der Waals surface area contributed by atoms with Crippen molar-refractivity contribution in [3.05, 3.63) is 35.9 Å². The van der Waals surface area contributed by atoms with Gasteiger partial charge in [0.2, 0.25) is 5.91 Å². The quantitative estimate of drug-likeness (QED) is 0.932. The summed E-state index contributed by atoms with van der Waals surface area (Å²) in [6.07, 6.45) is 0.0104. The number of carbonyl (C=O) groups excluding carboxylic acids is 2. The maximum absolute atomic E-state index is 12.3. The van der Waals surface area contributed by atoms with Crippen LogP contribution in [0.25, 0.3) is 0 Å². The van der Waals surface area contributed by atoms with Crippen molar-refractivity contribution in [2.75, 3.05) is 6.54 Å². The minimum Gasteiger partial charge on any atom is -0.444 e. The van der Waals surface area contributed by atoms with E-state index in [1.807, 2.05) is 58.0 Å². The number of benzene rings is 1. The van der Waals surface area contributed by atoms with Crippen LogP contribution in [-0.2, 0) is 16.1 Å². The summed E-state index contributed by atoms with van der Waals surface area (Å²) in [6, 6.07) is 9.79. The highest BCUT2D eigenvalue weighted by atomic mass is 16.6. The Morgan fingerprint density at radius 2 is 1.96 bits per heavy atom. The molecule has 0 radical (unpaired) electrons. The molecule has 1 aliphatic rings. The number of carbonyl (C=O) groups is 2. The standard InChI is InChI=1S/C18H26N2O3/c1-13-10-16(21)20(11-14-8-6-5-7-9-14)12-15(13)19-17(22)23-18(2,3)4/h5-9,13,15H,10-12H2,1-4H3,(H,19,22). The van der Waals surface area contributed by atoms with Gasteiger partial charge < -0.3 is 15.0 Å². The molecule has 2 unspecified atom stereocenters. The molecule has 2 amide bonds. The second-order valence-electron chi connectivity index (χ2n) is 7.19. The molecule has 1 N–H and O–H groups in total. The van der Waals surface area contributed by atoms with Gasteiger partial charge in [-0.3, -0.25) is 4.79 Å². The van der Waals surface area contributed by atoms with Gasteiger partial charge >= 0.3 is 6.09 Å². The van der Waals surface area contributed by atoms with E-state index in [9.17, 15) is 9.59 Å². The molecule has 0 bridgehead atoms. The lowest BCUT2D eigenvalue weighted by atomic mass is 9.92. The smallest absolute Gasteiger partial charge is 0.407 e. The zero-order valence-electron chi connectivity index (χ0n) is 14.3. The fraction of sp³-hybridized carbons (Fsp3) is 0.556. The van der Waals surface area contributed by atoms with Gasteiger partial charge in [-0.1, -0.05) is 37.3 Å². The normalized spacial score (nSPS) is 21.9. The SMILES string of the molecule is CC1CC(=O)N(Cc2ccccc2)CC1NC(=O)OC(C)(C)C. The van der Waals surface area contributed by atoms with Crippen molar-refractivity contribution in [1.29, 1.82) is 0 Å². The third kappa shape index (κ3) is 5.27. The number of rotatable bonds is 3. The maximum Gasteiger partial charge on any atom is 0.407 e. The van der Waals surface area contributed by atoms with Crippen LogP contribution in [0, 0.1) is 5.92 Å². The first kappa shape index (κ1) is 17.3. The molecule has 2 rings (SSSR count). The van der Waals surface area contributed by atoms with Crippen LogP contribution in [-0.4, -0.2) is 35.1 Å². The van der Waals surface area contributed by atoms with E-state index < -0.39 is 11.7 Å². The Hall–Kier alpha value is -2.04. The van der Waals surface area contributed by atoms with Gasteiger partial charge in [-0.05, 0) is 32.3 Å². The summed E-state index contributed by atoms with van der Waals surface area (Å²) in [4.78, 5) is 26.0. The monoisotopic (exact) mass is 318 g/mol. The van der Waals surface area contributed by atoms with Crippen LogP contribution in [0.15, 0.2) is 30.3 Å². The second-order valence-corrected chi connectivity index (χ2v) is 7.19. The van der Waals surface area contributed by atoms with Gasteiger partial charge in [0.15, 0.2) is 0 Å². The van der Waals surface area contributed by atoms with Crippen molar-refractivity contribution in [3.8, 4) is 0 Å². The average Bonchev–Trinajstić information content (AvgIpc) is 2.43. The molecule has 1 fully saturated rings. The lowest BCUT2D eigenvalue weighted by molar-refractivity contribution is -0.136. The number of hydrogen-bond acceptors (Lipinski definition) is 3. The molecular weight excluding hydrogens is 292 g/mol. The highest BCUT2D eigenvalue weighted by Gasteiger charge is 2.33. The predicted octanol–water partition coefficient (Wildman–Crippen LogP) is 2.95. The van der Waals surface area contributed by atoms with Crippen LogP contribution in [0.5, 0.6) is 0 Å². The fourth-order valence-electron chi connectivity index (χ4n) is 2.67. The van der Waals surface area contributed by atoms with E-state index in [0.717, 1.165) is 5.56 Å². The molecule has 23 heavy (non-hydrogen) atoms. The number of alkyl carbamates (subject to hydrolysis) is 1. The number of ether oxygens (including phenoxy) is 1. The Labute approximate surface area is 138 Å². The Kier molecular flexibility index (Phi) is 5.29. The summed E-state index contributed by atoms with van der Waals surface area (Å²) in [5.74, 6) is 0.227. The van der Waals surface area contributed by atoms with Crippen molar-refractivity contribution in [1.82, 2.24) is 10.2 Å². The molecular formula is C18H26N2O3. The third-order valence-electron chi connectivity index (χ3n) is 3.87. The predicted molar refractivity (Wildman–Crippen MR) is 88.8 cm³/mol. The Bertz CT molecular complexity index is 551. The van der Waals surface area contributed by atoms with Crippen molar-refractivity contribution < 1.29 is 14.3 Å². The number of amides is 2. The summed E-state index contributed by atoms with van der Waals surface area (Å²) in [5.41, 5.74) is 0.563. The zero-order chi connectivity index (χ0) is 17.0. The van der Waals surface area contributed by atoms with Crippen LogP contribution in [0.1, 0.15) is 39.7 Å². The minimum atomic E-state index is -0.526. The van der Waals surface area contributed by atoms with Gasteiger partial charge in [0.25, 0.3) is 0 Å². The van der Waals surface area contributed by atoms with Crippen LogP contribution in [0.3, 0.4) is 0 Å². The van der Waals surface area contributed by atoms with Gasteiger partial charge in [0.1, 0.15) is 5.60 Å². The van der Waals surface area contributed by atoms with Crippen LogP contribution in [0.2, 0.25) is 0 Å². The number of nitrogens with zero attached hydrogens (tertiary/aromatic N) is 1. The summed E-state index contributed by atoms with van der Waals surface area (Å²) >= 11 is 0. The van der Waals surface area contributed by atoms with Crippen molar-refractivity contribution in [3.63, 3.8) is 0 Å². The number of nitrogens with one attached hydrogen (secondary N) is 1. The molecule has 126 valence electrons. The van der Waals surface area contributed by atoms with Crippen molar-refractivity contribution in [2.45, 2.75) is 52.3 Å². The summed E-state index contributed by atoms with van der Waals surface area (Å²) in [7, 11) is 0. The van der Waals surface area contributed by atoms with Gasteiger partial charge in [0, 0.05) is 19.5 Å². The van der Waals surface area contributed by atoms with E-state index in [-0.39, 0.29) is 17.9 Å². The van der Waals surface area contributed by atoms with Crippen LogP contribution < -0.4 is 5.32 Å². The molecule has 0 spiro atoms. The lowest BCUT2D eigenvalue weighted by Gasteiger charge is -2.37. The molecule has 5 heteroatoms. The molecule has 0 saturated carbocycles. The van der Waals surface area contributed by atoms with Gasteiger partial charge in [-0.25, -0.2) is 4.79 Å². The second kappa shape index (κ2) is 7.02. The van der Waals surface area contributed by atoms with E-state index in [1.165, 1.54) is 0 Å². The summed E-state index contributed by atoms with van der Waals surface area (Å²) < 4.78 is 5.32. The van der Waals surface area contributed by atoms with E-state index in [4.69, 9.17) is 4.74 Å². The van der Waals surface area contributed by atoms with Gasteiger partial charge in [-0.15, -0.1) is 0 Å².